The summed E-state index contributed by atoms with van der Waals surface area (Å²) < 4.78 is 5.27. The molecule has 0 fully saturated rings. The monoisotopic (exact) mass is 178 g/mol. The van der Waals surface area contributed by atoms with Crippen molar-refractivity contribution in [1.29, 1.82) is 0 Å². The highest BCUT2D eigenvalue weighted by Gasteiger charge is 1.99. The highest BCUT2D eigenvalue weighted by molar-refractivity contribution is 5.36. The van der Waals surface area contributed by atoms with Gasteiger partial charge in [0.15, 0.2) is 0 Å². The molecule has 0 saturated heterocycles. The number of hydrogen-bond acceptors (Lipinski definition) is 1. The fourth-order valence-corrected chi connectivity index (χ4v) is 1.40. The second kappa shape index (κ2) is 4.90. The van der Waals surface area contributed by atoms with Gasteiger partial charge in [-0.15, -0.1) is 0 Å². The van der Waals surface area contributed by atoms with Gasteiger partial charge in [-0.2, -0.15) is 0 Å². The molecule has 0 aromatic heterocycles. The van der Waals surface area contributed by atoms with E-state index in [9.17, 15) is 0 Å². The molecule has 1 nitrogen and oxygen atoms in total. The first-order chi connectivity index (χ1) is 6.27. The van der Waals surface area contributed by atoms with Gasteiger partial charge in [0.25, 0.3) is 0 Å². The Morgan fingerprint density at radius 3 is 2.69 bits per heavy atom. The Hall–Kier alpha value is -0.980. The van der Waals surface area contributed by atoms with Crippen LogP contribution in [0, 0.1) is 6.92 Å². The van der Waals surface area contributed by atoms with Gasteiger partial charge in [0.2, 0.25) is 0 Å². The van der Waals surface area contributed by atoms with Crippen LogP contribution in [0.4, 0.5) is 0 Å². The first-order valence-electron chi connectivity index (χ1n) is 4.91. The van der Waals surface area contributed by atoms with E-state index in [1.165, 1.54) is 24.0 Å². The van der Waals surface area contributed by atoms with Crippen LogP contribution in [0.25, 0.3) is 0 Å². The zero-order chi connectivity index (χ0) is 9.68. The van der Waals surface area contributed by atoms with Gasteiger partial charge in [-0.3, -0.25) is 0 Å². The third-order valence-corrected chi connectivity index (χ3v) is 2.29. The molecule has 0 heterocycles. The van der Waals surface area contributed by atoms with E-state index in [2.05, 4.69) is 32.0 Å². The summed E-state index contributed by atoms with van der Waals surface area (Å²) in [5, 5.41) is 0. The molecule has 72 valence electrons. The molecule has 0 aliphatic carbocycles. The number of rotatable bonds is 4. The molecule has 0 bridgehead atoms. The molecule has 0 N–H and O–H groups in total. The van der Waals surface area contributed by atoms with Gasteiger partial charge >= 0.3 is 0 Å². The summed E-state index contributed by atoms with van der Waals surface area (Å²) >= 11 is 0. The molecule has 0 saturated carbocycles. The average molecular weight is 178 g/mol. The summed E-state index contributed by atoms with van der Waals surface area (Å²) in [6.45, 7) is 4.29. The summed E-state index contributed by atoms with van der Waals surface area (Å²) in [7, 11) is 1.73. The Morgan fingerprint density at radius 2 is 2.08 bits per heavy atom. The zero-order valence-electron chi connectivity index (χ0n) is 8.76. The van der Waals surface area contributed by atoms with Crippen LogP contribution >= 0.6 is 0 Å². The lowest BCUT2D eigenvalue weighted by molar-refractivity contribution is 0.411. The molecule has 0 atom stereocenters. The molecule has 0 unspecified atom stereocenters. The van der Waals surface area contributed by atoms with E-state index in [1.54, 1.807) is 7.11 Å². The van der Waals surface area contributed by atoms with Gasteiger partial charge in [-0.05, 0) is 37.0 Å². The minimum Gasteiger partial charge on any atom is -0.496 e. The molecular weight excluding hydrogens is 160 g/mol. The lowest BCUT2D eigenvalue weighted by Crippen LogP contribution is -1.90. The minimum atomic E-state index is 1.01. The Bertz CT molecular complexity index is 266. The lowest BCUT2D eigenvalue weighted by Gasteiger charge is -2.06. The van der Waals surface area contributed by atoms with Crippen LogP contribution in [0.2, 0.25) is 0 Å². The van der Waals surface area contributed by atoms with Crippen molar-refractivity contribution in [2.45, 2.75) is 33.1 Å². The Balaban J connectivity index is 2.74. The van der Waals surface area contributed by atoms with Crippen molar-refractivity contribution >= 4 is 0 Å². The van der Waals surface area contributed by atoms with Crippen LogP contribution in [0.15, 0.2) is 18.2 Å². The van der Waals surface area contributed by atoms with E-state index < -0.39 is 0 Å². The SMILES string of the molecule is CCCCc1ccc(C)c(OC)c1. The molecule has 0 spiro atoms. The molecule has 0 radical (unpaired) electrons. The molecule has 0 aliphatic heterocycles. The first kappa shape index (κ1) is 10.1. The average Bonchev–Trinajstić information content (AvgIpc) is 2.16. The van der Waals surface area contributed by atoms with Crippen LogP contribution in [-0.4, -0.2) is 7.11 Å². The Morgan fingerprint density at radius 1 is 1.31 bits per heavy atom. The predicted octanol–water partition coefficient (Wildman–Crippen LogP) is 3.35. The van der Waals surface area contributed by atoms with E-state index in [4.69, 9.17) is 4.74 Å². The maximum atomic E-state index is 5.27. The normalized spacial score (nSPS) is 10.1. The number of hydrogen-bond donors (Lipinski definition) is 0. The van der Waals surface area contributed by atoms with Crippen molar-refractivity contribution in [2.75, 3.05) is 7.11 Å². The van der Waals surface area contributed by atoms with Gasteiger partial charge in [0, 0.05) is 0 Å². The van der Waals surface area contributed by atoms with Crippen LogP contribution < -0.4 is 4.74 Å². The number of methoxy groups -OCH3 is 1. The third kappa shape index (κ3) is 2.76. The molecular formula is C12H18O. The van der Waals surface area contributed by atoms with Crippen LogP contribution in [0.3, 0.4) is 0 Å². The lowest BCUT2D eigenvalue weighted by atomic mass is 10.1. The van der Waals surface area contributed by atoms with Crippen molar-refractivity contribution in [3.63, 3.8) is 0 Å². The molecule has 1 rings (SSSR count). The van der Waals surface area contributed by atoms with Gasteiger partial charge in [0.05, 0.1) is 7.11 Å². The van der Waals surface area contributed by atoms with E-state index in [-0.39, 0.29) is 0 Å². The summed E-state index contributed by atoms with van der Waals surface area (Å²) in [5.41, 5.74) is 2.59. The summed E-state index contributed by atoms with van der Waals surface area (Å²) in [4.78, 5) is 0. The Kier molecular flexibility index (Phi) is 3.81. The van der Waals surface area contributed by atoms with E-state index in [1.807, 2.05) is 0 Å². The van der Waals surface area contributed by atoms with Gasteiger partial charge in [-0.25, -0.2) is 0 Å². The fourth-order valence-electron chi connectivity index (χ4n) is 1.40. The summed E-state index contributed by atoms with van der Waals surface area (Å²) in [6, 6.07) is 6.46. The van der Waals surface area contributed by atoms with Gasteiger partial charge < -0.3 is 4.74 Å². The molecule has 1 heteroatoms. The van der Waals surface area contributed by atoms with Crippen LogP contribution in [-0.2, 0) is 6.42 Å². The minimum absolute atomic E-state index is 1.01. The van der Waals surface area contributed by atoms with E-state index in [0.29, 0.717) is 0 Å². The van der Waals surface area contributed by atoms with Crippen molar-refractivity contribution in [2.24, 2.45) is 0 Å². The van der Waals surface area contributed by atoms with E-state index in [0.717, 1.165) is 12.2 Å². The number of unbranched alkanes of at least 4 members (excludes halogenated alkanes) is 1. The molecule has 0 aliphatic rings. The predicted molar refractivity (Wildman–Crippen MR) is 56.3 cm³/mol. The van der Waals surface area contributed by atoms with Crippen molar-refractivity contribution in [1.82, 2.24) is 0 Å². The quantitative estimate of drug-likeness (QED) is 0.687. The molecule has 1 aromatic carbocycles. The smallest absolute Gasteiger partial charge is 0.122 e. The second-order valence-electron chi connectivity index (χ2n) is 3.41. The second-order valence-corrected chi connectivity index (χ2v) is 3.41. The first-order valence-corrected chi connectivity index (χ1v) is 4.91. The summed E-state index contributed by atoms with van der Waals surface area (Å²) in [6.07, 6.45) is 3.66. The maximum Gasteiger partial charge on any atom is 0.122 e. The summed E-state index contributed by atoms with van der Waals surface area (Å²) in [5.74, 6) is 1.01. The number of benzene rings is 1. The molecule has 13 heavy (non-hydrogen) atoms. The van der Waals surface area contributed by atoms with Crippen molar-refractivity contribution in [3.8, 4) is 5.75 Å². The highest BCUT2D eigenvalue weighted by atomic mass is 16.5. The highest BCUT2D eigenvalue weighted by Crippen LogP contribution is 2.19. The maximum absolute atomic E-state index is 5.27. The van der Waals surface area contributed by atoms with Crippen molar-refractivity contribution in [3.05, 3.63) is 29.3 Å². The zero-order valence-corrected chi connectivity index (χ0v) is 8.76. The van der Waals surface area contributed by atoms with Crippen LogP contribution in [0.5, 0.6) is 5.75 Å². The molecule has 0 amide bonds. The number of ether oxygens (including phenoxy) is 1. The van der Waals surface area contributed by atoms with E-state index >= 15 is 0 Å². The van der Waals surface area contributed by atoms with Gasteiger partial charge in [0.1, 0.15) is 5.75 Å². The third-order valence-electron chi connectivity index (χ3n) is 2.29. The number of aryl methyl sites for hydroxylation is 2. The topological polar surface area (TPSA) is 9.23 Å². The van der Waals surface area contributed by atoms with Crippen molar-refractivity contribution < 1.29 is 4.74 Å². The van der Waals surface area contributed by atoms with Crippen LogP contribution in [0.1, 0.15) is 30.9 Å². The Labute approximate surface area is 80.7 Å². The fraction of sp³-hybridized carbons (Fsp3) is 0.500. The molecule has 1 aromatic rings. The van der Waals surface area contributed by atoms with Gasteiger partial charge in [-0.1, -0.05) is 25.5 Å². The largest absolute Gasteiger partial charge is 0.496 e. The standard InChI is InChI=1S/C12H18O/c1-4-5-6-11-8-7-10(2)12(9-11)13-3/h7-9H,4-6H2,1-3H3.